The first-order valence-corrected chi connectivity index (χ1v) is 3.84. The fraction of sp³-hybridized carbons (Fsp3) is 0.143. The predicted molar refractivity (Wildman–Crippen MR) is 42.7 cm³/mol. The number of halogens is 2. The number of rotatable bonds is 2. The molecule has 0 heterocycles. The first-order chi connectivity index (χ1) is 5.24. The fourth-order valence-corrected chi connectivity index (χ4v) is 1.17. The van der Waals surface area contributed by atoms with Gasteiger partial charge in [-0.15, -0.1) is 0 Å². The number of nitrogens with one attached hydrogen (secondary N) is 1. The van der Waals surface area contributed by atoms with Crippen molar-refractivity contribution < 1.29 is 9.60 Å². The van der Waals surface area contributed by atoms with Crippen molar-refractivity contribution in [1.82, 2.24) is 5.48 Å². The normalized spacial score (nSPS) is 10.1. The first-order valence-electron chi connectivity index (χ1n) is 3.05. The quantitative estimate of drug-likeness (QED) is 0.747. The monoisotopic (exact) mass is 219 g/mol. The van der Waals surface area contributed by atoms with E-state index in [1.807, 2.05) is 5.48 Å². The minimum absolute atomic E-state index is 0.116. The third-order valence-electron chi connectivity index (χ3n) is 1.28. The van der Waals surface area contributed by atoms with Crippen LogP contribution in [0.3, 0.4) is 0 Å². The zero-order chi connectivity index (χ0) is 8.27. The summed E-state index contributed by atoms with van der Waals surface area (Å²) in [5.41, 5.74) is 2.32. The van der Waals surface area contributed by atoms with Crippen LogP contribution in [-0.2, 0) is 6.54 Å². The Hall–Kier alpha value is -0.450. The van der Waals surface area contributed by atoms with Crippen LogP contribution in [0.2, 0.25) is 0 Å². The van der Waals surface area contributed by atoms with E-state index >= 15 is 0 Å². The topological polar surface area (TPSA) is 32.3 Å². The van der Waals surface area contributed by atoms with Crippen LogP contribution in [0.25, 0.3) is 0 Å². The van der Waals surface area contributed by atoms with Crippen LogP contribution in [0.15, 0.2) is 22.7 Å². The summed E-state index contributed by atoms with van der Waals surface area (Å²) < 4.78 is 13.6. The lowest BCUT2D eigenvalue weighted by molar-refractivity contribution is 0.160. The highest BCUT2D eigenvalue weighted by Gasteiger charge is 2.00. The van der Waals surface area contributed by atoms with E-state index in [1.165, 1.54) is 6.07 Å². The Morgan fingerprint density at radius 2 is 2.27 bits per heavy atom. The summed E-state index contributed by atoms with van der Waals surface area (Å²) in [6, 6.07) is 4.56. The van der Waals surface area contributed by atoms with Crippen LogP contribution in [0.1, 0.15) is 5.56 Å². The minimum atomic E-state index is -0.324. The van der Waals surface area contributed by atoms with Crippen LogP contribution in [0, 0.1) is 5.82 Å². The average molecular weight is 220 g/mol. The van der Waals surface area contributed by atoms with E-state index in [4.69, 9.17) is 5.21 Å². The third kappa shape index (κ3) is 2.25. The van der Waals surface area contributed by atoms with Crippen molar-refractivity contribution in [3.63, 3.8) is 0 Å². The van der Waals surface area contributed by atoms with Crippen LogP contribution in [-0.4, -0.2) is 5.21 Å². The van der Waals surface area contributed by atoms with E-state index in [2.05, 4.69) is 15.9 Å². The van der Waals surface area contributed by atoms with Gasteiger partial charge in [-0.2, -0.15) is 0 Å². The Labute approximate surface area is 72.1 Å². The van der Waals surface area contributed by atoms with Gasteiger partial charge in [0.25, 0.3) is 0 Å². The van der Waals surface area contributed by atoms with Gasteiger partial charge in [-0.05, 0) is 18.2 Å². The van der Waals surface area contributed by atoms with Gasteiger partial charge in [-0.1, -0.05) is 15.9 Å². The van der Waals surface area contributed by atoms with Gasteiger partial charge in [0.15, 0.2) is 0 Å². The Balaban J connectivity index is 2.93. The molecular weight excluding hydrogens is 213 g/mol. The SMILES string of the molecule is ONCc1cc(Br)ccc1F. The summed E-state index contributed by atoms with van der Waals surface area (Å²) in [5, 5.41) is 8.30. The summed E-state index contributed by atoms with van der Waals surface area (Å²) in [6.45, 7) is 0.116. The molecule has 60 valence electrons. The predicted octanol–water partition coefficient (Wildman–Crippen LogP) is 2.07. The minimum Gasteiger partial charge on any atom is -0.316 e. The molecule has 0 fully saturated rings. The highest BCUT2D eigenvalue weighted by molar-refractivity contribution is 9.10. The standard InChI is InChI=1S/C7H7BrFNO/c8-6-1-2-7(9)5(3-6)4-10-11/h1-3,10-11H,4H2. The lowest BCUT2D eigenvalue weighted by atomic mass is 10.2. The molecule has 4 heteroatoms. The molecule has 0 spiro atoms. The van der Waals surface area contributed by atoms with Crippen molar-refractivity contribution in [3.05, 3.63) is 34.1 Å². The van der Waals surface area contributed by atoms with Gasteiger partial charge < -0.3 is 5.21 Å². The smallest absolute Gasteiger partial charge is 0.127 e. The van der Waals surface area contributed by atoms with Gasteiger partial charge in [0.2, 0.25) is 0 Å². The molecule has 11 heavy (non-hydrogen) atoms. The molecule has 0 saturated heterocycles. The summed E-state index contributed by atoms with van der Waals surface area (Å²) in [5.74, 6) is -0.324. The Bertz CT molecular complexity index is 254. The highest BCUT2D eigenvalue weighted by atomic mass is 79.9. The zero-order valence-corrected chi connectivity index (χ0v) is 7.23. The number of hydroxylamine groups is 1. The number of hydrogen-bond acceptors (Lipinski definition) is 2. The van der Waals surface area contributed by atoms with Crippen LogP contribution in [0.5, 0.6) is 0 Å². The van der Waals surface area contributed by atoms with E-state index in [9.17, 15) is 4.39 Å². The highest BCUT2D eigenvalue weighted by Crippen LogP contribution is 2.14. The number of hydrogen-bond donors (Lipinski definition) is 2. The molecular formula is C7H7BrFNO. The van der Waals surface area contributed by atoms with Crippen LogP contribution in [0.4, 0.5) is 4.39 Å². The molecule has 1 aromatic rings. The van der Waals surface area contributed by atoms with Gasteiger partial charge in [0.05, 0.1) is 0 Å². The van der Waals surface area contributed by atoms with Crippen molar-refractivity contribution in [2.45, 2.75) is 6.54 Å². The second-order valence-corrected chi connectivity index (χ2v) is 2.99. The van der Waals surface area contributed by atoms with Crippen LogP contribution < -0.4 is 5.48 Å². The van der Waals surface area contributed by atoms with E-state index in [1.54, 1.807) is 12.1 Å². The van der Waals surface area contributed by atoms with Crippen molar-refractivity contribution in [2.24, 2.45) is 0 Å². The zero-order valence-electron chi connectivity index (χ0n) is 5.64. The molecule has 0 saturated carbocycles. The first kappa shape index (κ1) is 8.64. The molecule has 0 amide bonds. The lowest BCUT2D eigenvalue weighted by Crippen LogP contribution is -2.07. The molecule has 0 aliphatic carbocycles. The van der Waals surface area contributed by atoms with Crippen molar-refractivity contribution in [2.75, 3.05) is 0 Å². The maximum Gasteiger partial charge on any atom is 0.127 e. The summed E-state index contributed by atoms with van der Waals surface area (Å²) in [6.07, 6.45) is 0. The second-order valence-electron chi connectivity index (χ2n) is 2.07. The van der Waals surface area contributed by atoms with E-state index in [-0.39, 0.29) is 12.4 Å². The molecule has 0 atom stereocenters. The average Bonchev–Trinajstić information content (AvgIpc) is 1.98. The van der Waals surface area contributed by atoms with E-state index in [0.29, 0.717) is 5.56 Å². The van der Waals surface area contributed by atoms with E-state index in [0.717, 1.165) is 4.47 Å². The molecule has 0 aromatic heterocycles. The molecule has 0 unspecified atom stereocenters. The Kier molecular flexibility index (Phi) is 2.99. The Morgan fingerprint density at radius 1 is 1.55 bits per heavy atom. The summed E-state index contributed by atoms with van der Waals surface area (Å²) >= 11 is 3.19. The molecule has 0 bridgehead atoms. The fourth-order valence-electron chi connectivity index (χ4n) is 0.764. The van der Waals surface area contributed by atoms with Crippen LogP contribution >= 0.6 is 15.9 Å². The summed E-state index contributed by atoms with van der Waals surface area (Å²) in [4.78, 5) is 0. The largest absolute Gasteiger partial charge is 0.316 e. The van der Waals surface area contributed by atoms with Gasteiger partial charge in [-0.25, -0.2) is 9.87 Å². The second kappa shape index (κ2) is 3.80. The molecule has 1 rings (SSSR count). The molecule has 0 aliphatic heterocycles. The maximum atomic E-state index is 12.8. The van der Waals surface area contributed by atoms with Crippen molar-refractivity contribution in [3.8, 4) is 0 Å². The van der Waals surface area contributed by atoms with Gasteiger partial charge in [0, 0.05) is 16.6 Å². The summed E-state index contributed by atoms with van der Waals surface area (Å²) in [7, 11) is 0. The third-order valence-corrected chi connectivity index (χ3v) is 1.77. The molecule has 1 aromatic carbocycles. The maximum absolute atomic E-state index is 12.8. The molecule has 2 nitrogen and oxygen atoms in total. The van der Waals surface area contributed by atoms with Crippen molar-refractivity contribution >= 4 is 15.9 Å². The lowest BCUT2D eigenvalue weighted by Gasteiger charge is -2.00. The van der Waals surface area contributed by atoms with Gasteiger partial charge >= 0.3 is 0 Å². The Morgan fingerprint density at radius 3 is 2.91 bits per heavy atom. The van der Waals surface area contributed by atoms with Gasteiger partial charge in [-0.3, -0.25) is 0 Å². The molecule has 0 radical (unpaired) electrons. The molecule has 0 aliphatic rings. The molecule has 2 N–H and O–H groups in total. The van der Waals surface area contributed by atoms with E-state index < -0.39 is 0 Å². The number of benzene rings is 1. The van der Waals surface area contributed by atoms with Crippen molar-refractivity contribution in [1.29, 1.82) is 0 Å². The van der Waals surface area contributed by atoms with Gasteiger partial charge in [0.1, 0.15) is 5.82 Å².